The van der Waals surface area contributed by atoms with Crippen LogP contribution in [0.1, 0.15) is 44.9 Å². The normalized spacial score (nSPS) is 35.3. The van der Waals surface area contributed by atoms with Crippen molar-refractivity contribution in [1.29, 1.82) is 0 Å². The molecule has 0 aromatic heterocycles. The van der Waals surface area contributed by atoms with Crippen molar-refractivity contribution in [3.63, 3.8) is 0 Å². The van der Waals surface area contributed by atoms with Crippen LogP contribution in [0.4, 0.5) is 0 Å². The first-order valence-electron chi connectivity index (χ1n) is 8.87. The van der Waals surface area contributed by atoms with Gasteiger partial charge in [0.05, 0.1) is 14.2 Å². The van der Waals surface area contributed by atoms with E-state index in [0.29, 0.717) is 18.3 Å². The van der Waals surface area contributed by atoms with Gasteiger partial charge in [-0.25, -0.2) is 0 Å². The molecule has 4 aliphatic carbocycles. The number of methoxy groups -OCH3 is 2. The van der Waals surface area contributed by atoms with Crippen molar-refractivity contribution in [2.75, 3.05) is 27.3 Å². The molecule has 25 heavy (non-hydrogen) atoms. The number of hydrogen-bond acceptors (Lipinski definition) is 5. The van der Waals surface area contributed by atoms with E-state index in [-0.39, 0.29) is 28.7 Å². The highest BCUT2D eigenvalue weighted by molar-refractivity contribution is 9.10. The summed E-state index contributed by atoms with van der Waals surface area (Å²) < 4.78 is 9.50. The fourth-order valence-electron chi connectivity index (χ4n) is 5.65. The Morgan fingerprint density at radius 3 is 1.96 bits per heavy atom. The van der Waals surface area contributed by atoms with Crippen LogP contribution in [0.2, 0.25) is 0 Å². The molecule has 4 aliphatic rings. The third-order valence-electron chi connectivity index (χ3n) is 6.09. The second-order valence-electron chi connectivity index (χ2n) is 8.19. The number of halogens is 1. The summed E-state index contributed by atoms with van der Waals surface area (Å²) in [7, 11) is 2.55. The molecule has 0 saturated heterocycles. The van der Waals surface area contributed by atoms with Crippen LogP contribution in [0.15, 0.2) is 0 Å². The van der Waals surface area contributed by atoms with Gasteiger partial charge in [-0.3, -0.25) is 14.4 Å². The maximum Gasteiger partial charge on any atom is 0.325 e. The molecule has 4 rings (SSSR count). The molecular formula is C18H26BrNO5. The van der Waals surface area contributed by atoms with Crippen molar-refractivity contribution in [1.82, 2.24) is 4.90 Å². The second kappa shape index (κ2) is 6.89. The Labute approximate surface area is 156 Å². The lowest BCUT2D eigenvalue weighted by Crippen LogP contribution is -2.54. The third-order valence-corrected chi connectivity index (χ3v) is 7.01. The van der Waals surface area contributed by atoms with Gasteiger partial charge in [-0.15, -0.1) is 0 Å². The van der Waals surface area contributed by atoms with Gasteiger partial charge in [0, 0.05) is 10.7 Å². The third kappa shape index (κ3) is 4.01. The number of ether oxygens (including phenoxy) is 2. The molecule has 0 heterocycles. The van der Waals surface area contributed by atoms with Gasteiger partial charge in [0.25, 0.3) is 0 Å². The quantitative estimate of drug-likeness (QED) is 0.491. The summed E-state index contributed by atoms with van der Waals surface area (Å²) in [6.45, 7) is -0.431. The Morgan fingerprint density at radius 2 is 1.52 bits per heavy atom. The van der Waals surface area contributed by atoms with E-state index in [0.717, 1.165) is 19.3 Å². The zero-order valence-corrected chi connectivity index (χ0v) is 16.5. The predicted octanol–water partition coefficient (Wildman–Crippen LogP) is 2.28. The van der Waals surface area contributed by atoms with Gasteiger partial charge in [0.2, 0.25) is 5.91 Å². The van der Waals surface area contributed by atoms with E-state index in [1.807, 2.05) is 0 Å². The smallest absolute Gasteiger partial charge is 0.325 e. The maximum absolute atomic E-state index is 12.9. The summed E-state index contributed by atoms with van der Waals surface area (Å²) in [5, 5.41) is 0. The van der Waals surface area contributed by atoms with Gasteiger partial charge < -0.3 is 14.4 Å². The summed E-state index contributed by atoms with van der Waals surface area (Å²) in [5.41, 5.74) is -0.00481. The van der Waals surface area contributed by atoms with Gasteiger partial charge >= 0.3 is 11.9 Å². The lowest BCUT2D eigenvalue weighted by Gasteiger charge is -2.60. The fourth-order valence-corrected chi connectivity index (χ4v) is 7.16. The number of alkyl halides is 1. The minimum absolute atomic E-state index is 0.00481. The Morgan fingerprint density at radius 1 is 1.00 bits per heavy atom. The van der Waals surface area contributed by atoms with Crippen molar-refractivity contribution >= 4 is 33.8 Å². The van der Waals surface area contributed by atoms with Crippen LogP contribution in [-0.2, 0) is 23.9 Å². The molecule has 0 aromatic carbocycles. The standard InChI is InChI=1S/C18H26BrNO5/c1-24-15(22)9-20(10-16(23)25-2)14(21)8-17-4-12-3-13(5-17)7-18(19,6-12)11-17/h12-13H,3-11H2,1-2H3. The maximum atomic E-state index is 12.9. The SMILES string of the molecule is COC(=O)CN(CC(=O)OC)C(=O)CC12CC3CC(CC(Br)(C3)C1)C2. The van der Waals surface area contributed by atoms with Crippen LogP contribution in [0.3, 0.4) is 0 Å². The van der Waals surface area contributed by atoms with E-state index in [9.17, 15) is 14.4 Å². The van der Waals surface area contributed by atoms with Crippen molar-refractivity contribution in [3.8, 4) is 0 Å². The first-order valence-corrected chi connectivity index (χ1v) is 9.66. The van der Waals surface area contributed by atoms with Crippen LogP contribution in [0.5, 0.6) is 0 Å². The zero-order valence-electron chi connectivity index (χ0n) is 14.9. The van der Waals surface area contributed by atoms with E-state index in [1.165, 1.54) is 38.4 Å². The number of amides is 1. The highest BCUT2D eigenvalue weighted by Crippen LogP contribution is 2.65. The summed E-state index contributed by atoms with van der Waals surface area (Å²) in [6, 6.07) is 0. The molecule has 0 aliphatic heterocycles. The fraction of sp³-hybridized carbons (Fsp3) is 0.833. The molecule has 0 radical (unpaired) electrons. The number of carbonyl (C=O) groups is 3. The lowest BCUT2D eigenvalue weighted by molar-refractivity contribution is -0.154. The van der Waals surface area contributed by atoms with E-state index < -0.39 is 11.9 Å². The van der Waals surface area contributed by atoms with Crippen molar-refractivity contribution in [3.05, 3.63) is 0 Å². The Balaban J connectivity index is 1.72. The van der Waals surface area contributed by atoms with Gasteiger partial charge in [0.1, 0.15) is 13.1 Å². The summed E-state index contributed by atoms with van der Waals surface area (Å²) in [6.07, 6.45) is 7.22. The van der Waals surface area contributed by atoms with Crippen LogP contribution < -0.4 is 0 Å². The molecule has 0 spiro atoms. The Hall–Kier alpha value is -1.11. The van der Waals surface area contributed by atoms with E-state index in [1.54, 1.807) is 0 Å². The van der Waals surface area contributed by atoms with E-state index >= 15 is 0 Å². The highest BCUT2D eigenvalue weighted by Gasteiger charge is 2.57. The lowest BCUT2D eigenvalue weighted by atomic mass is 9.48. The molecule has 1 amide bonds. The van der Waals surface area contributed by atoms with Crippen LogP contribution in [0.25, 0.3) is 0 Å². The van der Waals surface area contributed by atoms with Crippen LogP contribution >= 0.6 is 15.9 Å². The zero-order chi connectivity index (χ0) is 18.2. The minimum atomic E-state index is -0.528. The monoisotopic (exact) mass is 415 g/mol. The topological polar surface area (TPSA) is 72.9 Å². The molecule has 6 nitrogen and oxygen atoms in total. The van der Waals surface area contributed by atoms with E-state index in [4.69, 9.17) is 0 Å². The first-order chi connectivity index (χ1) is 11.8. The predicted molar refractivity (Wildman–Crippen MR) is 94.0 cm³/mol. The number of hydrogen-bond donors (Lipinski definition) is 0. The molecule has 0 aromatic rings. The number of rotatable bonds is 6. The molecule has 2 unspecified atom stereocenters. The summed E-state index contributed by atoms with van der Waals surface area (Å²) >= 11 is 3.95. The molecule has 7 heteroatoms. The van der Waals surface area contributed by atoms with Crippen LogP contribution in [-0.4, -0.2) is 54.4 Å². The van der Waals surface area contributed by atoms with Gasteiger partial charge in [0.15, 0.2) is 0 Å². The average molecular weight is 416 g/mol. The average Bonchev–Trinajstić information content (AvgIpc) is 2.50. The number of esters is 2. The van der Waals surface area contributed by atoms with Gasteiger partial charge in [-0.2, -0.15) is 0 Å². The van der Waals surface area contributed by atoms with Gasteiger partial charge in [-0.1, -0.05) is 15.9 Å². The summed E-state index contributed by atoms with van der Waals surface area (Å²) in [4.78, 5) is 37.5. The Kier molecular flexibility index (Phi) is 5.15. The molecule has 4 fully saturated rings. The molecule has 4 bridgehead atoms. The van der Waals surface area contributed by atoms with Gasteiger partial charge in [-0.05, 0) is 55.8 Å². The Bertz CT molecular complexity index is 546. The minimum Gasteiger partial charge on any atom is -0.468 e. The van der Waals surface area contributed by atoms with E-state index in [2.05, 4.69) is 25.4 Å². The summed E-state index contributed by atoms with van der Waals surface area (Å²) in [5.74, 6) is 0.152. The molecule has 4 saturated carbocycles. The first kappa shape index (κ1) is 18.7. The van der Waals surface area contributed by atoms with Crippen molar-refractivity contribution < 1.29 is 23.9 Å². The molecule has 140 valence electrons. The second-order valence-corrected chi connectivity index (χ2v) is 9.87. The van der Waals surface area contributed by atoms with Crippen LogP contribution in [0, 0.1) is 17.3 Å². The number of nitrogens with zero attached hydrogens (tertiary/aromatic N) is 1. The molecular weight excluding hydrogens is 390 g/mol. The van der Waals surface area contributed by atoms with Crippen molar-refractivity contribution in [2.45, 2.75) is 49.3 Å². The largest absolute Gasteiger partial charge is 0.468 e. The molecule has 2 atom stereocenters. The highest BCUT2D eigenvalue weighted by atomic mass is 79.9. The molecule has 0 N–H and O–H groups in total. The number of carbonyl (C=O) groups excluding carboxylic acids is 3. The van der Waals surface area contributed by atoms with Crippen molar-refractivity contribution in [2.24, 2.45) is 17.3 Å².